The Morgan fingerprint density at radius 3 is 2.63 bits per heavy atom. The third-order valence-corrected chi connectivity index (χ3v) is 2.67. The van der Waals surface area contributed by atoms with Gasteiger partial charge in [-0.15, -0.1) is 0 Å². The Kier molecular flexibility index (Phi) is 3.61. The fourth-order valence-electron chi connectivity index (χ4n) is 1.72. The molecule has 2 N–H and O–H groups in total. The lowest BCUT2D eigenvalue weighted by Gasteiger charge is -2.16. The van der Waals surface area contributed by atoms with Crippen LogP contribution >= 0.6 is 0 Å². The average molecular weight is 259 g/mol. The van der Waals surface area contributed by atoms with Crippen molar-refractivity contribution in [3.63, 3.8) is 0 Å². The van der Waals surface area contributed by atoms with Gasteiger partial charge in [0.25, 0.3) is 5.56 Å². The molecule has 0 saturated heterocycles. The van der Waals surface area contributed by atoms with Gasteiger partial charge < -0.3 is 15.0 Å². The molecule has 0 bridgehead atoms. The summed E-state index contributed by atoms with van der Waals surface area (Å²) in [6.07, 6.45) is 2.99. The van der Waals surface area contributed by atoms with Gasteiger partial charge in [-0.05, 0) is 17.7 Å². The first kappa shape index (κ1) is 12.8. The van der Waals surface area contributed by atoms with Crippen molar-refractivity contribution >= 4 is 11.8 Å². The van der Waals surface area contributed by atoms with Gasteiger partial charge in [0.1, 0.15) is 0 Å². The van der Waals surface area contributed by atoms with Gasteiger partial charge in [-0.3, -0.25) is 4.79 Å². The Morgan fingerprint density at radius 1 is 1.37 bits per heavy atom. The van der Waals surface area contributed by atoms with Crippen LogP contribution in [0.25, 0.3) is 0 Å². The average Bonchev–Trinajstić information content (AvgIpc) is 2.39. The second-order valence-corrected chi connectivity index (χ2v) is 4.10. The third-order valence-electron chi connectivity index (χ3n) is 2.67. The van der Waals surface area contributed by atoms with Gasteiger partial charge in [-0.1, -0.05) is 12.1 Å². The molecule has 2 aromatic rings. The number of aromatic amines is 1. The van der Waals surface area contributed by atoms with E-state index in [-0.39, 0.29) is 11.1 Å². The highest BCUT2D eigenvalue weighted by Gasteiger charge is 2.08. The number of aromatic carboxylic acids is 1. The molecule has 0 aliphatic carbocycles. The number of anilines is 1. The van der Waals surface area contributed by atoms with Crippen molar-refractivity contribution in [3.05, 3.63) is 58.1 Å². The number of carboxylic acid groups (broad SMARTS) is 1. The van der Waals surface area contributed by atoms with Gasteiger partial charge >= 0.3 is 5.97 Å². The van der Waals surface area contributed by atoms with Crippen molar-refractivity contribution in [3.8, 4) is 0 Å². The topological polar surface area (TPSA) is 86.3 Å². The second kappa shape index (κ2) is 5.34. The molecule has 0 amide bonds. The lowest BCUT2D eigenvalue weighted by atomic mass is 10.1. The smallest absolute Gasteiger partial charge is 0.335 e. The van der Waals surface area contributed by atoms with E-state index in [1.807, 2.05) is 0 Å². The standard InChI is InChI=1S/C13H13N3O3/c1-16(11-12(17)15-7-6-14-11)8-9-2-4-10(5-3-9)13(18)19/h2-7H,8H2,1H3,(H,15,17)(H,18,19). The fraction of sp³-hybridized carbons (Fsp3) is 0.154. The Bertz CT molecular complexity index is 634. The lowest BCUT2D eigenvalue weighted by Crippen LogP contribution is -2.25. The van der Waals surface area contributed by atoms with Gasteiger partial charge in [0, 0.05) is 26.0 Å². The summed E-state index contributed by atoms with van der Waals surface area (Å²) in [7, 11) is 1.75. The highest BCUT2D eigenvalue weighted by atomic mass is 16.4. The molecule has 1 heterocycles. The molecule has 19 heavy (non-hydrogen) atoms. The molecule has 1 aromatic carbocycles. The van der Waals surface area contributed by atoms with Crippen LogP contribution in [0.3, 0.4) is 0 Å². The number of hydrogen-bond donors (Lipinski definition) is 2. The number of carboxylic acids is 1. The molecule has 6 heteroatoms. The number of nitrogens with zero attached hydrogens (tertiary/aromatic N) is 2. The normalized spacial score (nSPS) is 10.2. The van der Waals surface area contributed by atoms with E-state index in [2.05, 4.69) is 9.97 Å². The zero-order valence-electron chi connectivity index (χ0n) is 10.3. The first-order valence-corrected chi connectivity index (χ1v) is 5.65. The van der Waals surface area contributed by atoms with Crippen LogP contribution in [0.2, 0.25) is 0 Å². The predicted molar refractivity (Wildman–Crippen MR) is 70.4 cm³/mol. The number of H-pyrrole nitrogens is 1. The maximum Gasteiger partial charge on any atom is 0.335 e. The van der Waals surface area contributed by atoms with E-state index >= 15 is 0 Å². The van der Waals surface area contributed by atoms with Gasteiger partial charge in [0.15, 0.2) is 5.82 Å². The van der Waals surface area contributed by atoms with Crippen molar-refractivity contribution < 1.29 is 9.90 Å². The van der Waals surface area contributed by atoms with Gasteiger partial charge in [0.05, 0.1) is 5.56 Å². The molecular weight excluding hydrogens is 246 g/mol. The minimum absolute atomic E-state index is 0.238. The molecule has 98 valence electrons. The Hall–Kier alpha value is -2.63. The first-order chi connectivity index (χ1) is 9.08. The summed E-state index contributed by atoms with van der Waals surface area (Å²) in [5.74, 6) is -0.633. The quantitative estimate of drug-likeness (QED) is 0.858. The highest BCUT2D eigenvalue weighted by Crippen LogP contribution is 2.09. The SMILES string of the molecule is CN(Cc1ccc(C(=O)O)cc1)c1ncc[nH]c1=O. The summed E-state index contributed by atoms with van der Waals surface area (Å²) in [6, 6.07) is 6.51. The summed E-state index contributed by atoms with van der Waals surface area (Å²) < 4.78 is 0. The molecule has 0 unspecified atom stereocenters. The van der Waals surface area contributed by atoms with Crippen LogP contribution in [-0.4, -0.2) is 28.1 Å². The zero-order chi connectivity index (χ0) is 13.8. The number of hydrogen-bond acceptors (Lipinski definition) is 4. The van der Waals surface area contributed by atoms with Crippen molar-refractivity contribution in [2.75, 3.05) is 11.9 Å². The number of nitrogens with one attached hydrogen (secondary N) is 1. The van der Waals surface area contributed by atoms with Crippen LogP contribution in [-0.2, 0) is 6.54 Å². The number of benzene rings is 1. The second-order valence-electron chi connectivity index (χ2n) is 4.10. The molecule has 2 rings (SSSR count). The van der Waals surface area contributed by atoms with Crippen LogP contribution in [0.5, 0.6) is 0 Å². The molecule has 0 radical (unpaired) electrons. The molecule has 0 aliphatic rings. The van der Waals surface area contributed by atoms with Crippen molar-refractivity contribution in [1.29, 1.82) is 0 Å². The lowest BCUT2D eigenvalue weighted by molar-refractivity contribution is 0.0697. The number of carbonyl (C=O) groups is 1. The molecule has 0 aliphatic heterocycles. The summed E-state index contributed by atoms with van der Waals surface area (Å²) in [6.45, 7) is 0.472. The van der Waals surface area contributed by atoms with E-state index < -0.39 is 5.97 Å². The molecule has 1 aromatic heterocycles. The first-order valence-electron chi connectivity index (χ1n) is 5.65. The molecule has 0 atom stereocenters. The monoisotopic (exact) mass is 259 g/mol. The fourth-order valence-corrected chi connectivity index (χ4v) is 1.72. The van der Waals surface area contributed by atoms with E-state index in [0.717, 1.165) is 5.56 Å². The number of aromatic nitrogens is 2. The van der Waals surface area contributed by atoms with Crippen molar-refractivity contribution in [2.45, 2.75) is 6.54 Å². The van der Waals surface area contributed by atoms with E-state index in [9.17, 15) is 9.59 Å². The van der Waals surface area contributed by atoms with E-state index in [1.54, 1.807) is 24.1 Å². The van der Waals surface area contributed by atoms with Crippen molar-refractivity contribution in [1.82, 2.24) is 9.97 Å². The predicted octanol–water partition coefficient (Wildman–Crippen LogP) is 1.10. The Labute approximate surface area is 109 Å². The van der Waals surface area contributed by atoms with Crippen LogP contribution in [0.1, 0.15) is 15.9 Å². The number of rotatable bonds is 4. The molecule has 0 fully saturated rings. The van der Waals surface area contributed by atoms with Gasteiger partial charge in [0.2, 0.25) is 0 Å². The summed E-state index contributed by atoms with van der Waals surface area (Å²) in [5.41, 5.74) is 0.881. The zero-order valence-corrected chi connectivity index (χ0v) is 10.3. The minimum Gasteiger partial charge on any atom is -0.478 e. The van der Waals surface area contributed by atoms with Crippen LogP contribution in [0, 0.1) is 0 Å². The Balaban J connectivity index is 2.15. The highest BCUT2D eigenvalue weighted by molar-refractivity contribution is 5.87. The maximum atomic E-state index is 11.6. The minimum atomic E-state index is -0.957. The largest absolute Gasteiger partial charge is 0.478 e. The van der Waals surface area contributed by atoms with Crippen molar-refractivity contribution in [2.24, 2.45) is 0 Å². The van der Waals surface area contributed by atoms with Crippen LogP contribution in [0.4, 0.5) is 5.82 Å². The molecule has 6 nitrogen and oxygen atoms in total. The van der Waals surface area contributed by atoms with E-state index in [0.29, 0.717) is 12.4 Å². The maximum absolute atomic E-state index is 11.6. The van der Waals surface area contributed by atoms with E-state index in [1.165, 1.54) is 24.5 Å². The van der Waals surface area contributed by atoms with Crippen LogP contribution < -0.4 is 10.5 Å². The third kappa shape index (κ3) is 2.98. The molecule has 0 saturated carbocycles. The van der Waals surface area contributed by atoms with Gasteiger partial charge in [-0.2, -0.15) is 0 Å². The summed E-state index contributed by atoms with van der Waals surface area (Å²) in [4.78, 5) is 30.6. The summed E-state index contributed by atoms with van der Waals surface area (Å²) in [5, 5.41) is 8.81. The Morgan fingerprint density at radius 2 is 2.05 bits per heavy atom. The molecular formula is C13H13N3O3. The summed E-state index contributed by atoms with van der Waals surface area (Å²) >= 11 is 0. The molecule has 0 spiro atoms. The van der Waals surface area contributed by atoms with Crippen LogP contribution in [0.15, 0.2) is 41.5 Å². The van der Waals surface area contributed by atoms with Gasteiger partial charge in [-0.25, -0.2) is 9.78 Å². The van der Waals surface area contributed by atoms with E-state index in [4.69, 9.17) is 5.11 Å².